The lowest BCUT2D eigenvalue weighted by Gasteiger charge is -2.33. The summed E-state index contributed by atoms with van der Waals surface area (Å²) in [5, 5.41) is 11.5. The number of carboxylic acids is 1. The Morgan fingerprint density at radius 3 is 2.71 bits per heavy atom. The Hall–Kier alpha value is -2.71. The number of likely N-dealkylation sites (tertiary alicyclic amines) is 1. The number of nitrogens with one attached hydrogen (secondary N) is 1. The van der Waals surface area contributed by atoms with Crippen LogP contribution in [0.1, 0.15) is 43.0 Å². The molecule has 1 heterocycles. The molecular weight excluding hydrogens is 374 g/mol. The van der Waals surface area contributed by atoms with Gasteiger partial charge in [-0.3, -0.25) is 14.4 Å². The zero-order chi connectivity index (χ0) is 20.7. The number of benzene rings is 1. The number of nitrogens with zero attached hydrogens (tertiary/aromatic N) is 1. The van der Waals surface area contributed by atoms with Crippen LogP contribution in [0.5, 0.6) is 5.75 Å². The van der Waals surface area contributed by atoms with Crippen LogP contribution >= 0.6 is 0 Å². The summed E-state index contributed by atoms with van der Waals surface area (Å²) < 4.78 is 29.6. The minimum atomic E-state index is -3.04. The second-order valence-corrected chi connectivity index (χ2v) is 6.81. The van der Waals surface area contributed by atoms with Crippen LogP contribution in [0.2, 0.25) is 0 Å². The standard InChI is InChI=1S/C19H24F2N2O5/c1-12(8-9-16(24)25)22-17(26)13-5-4-10-23(11-13)18(27)14-6-2-3-7-15(14)28-19(20)21/h2-3,6-7,12-13,19H,4-5,8-11H2,1H3,(H,22,26)(H,24,25). The molecule has 2 rings (SSSR count). The van der Waals surface area contributed by atoms with Gasteiger partial charge in [-0.2, -0.15) is 8.78 Å². The van der Waals surface area contributed by atoms with E-state index >= 15 is 0 Å². The summed E-state index contributed by atoms with van der Waals surface area (Å²) in [4.78, 5) is 37.3. The predicted octanol–water partition coefficient (Wildman–Crippen LogP) is 2.51. The number of amides is 2. The third-order valence-electron chi connectivity index (χ3n) is 4.59. The molecule has 2 atom stereocenters. The van der Waals surface area contributed by atoms with E-state index in [4.69, 9.17) is 5.11 Å². The number of aliphatic carboxylic acids is 1. The highest BCUT2D eigenvalue weighted by Gasteiger charge is 2.30. The number of carbonyl (C=O) groups is 3. The minimum Gasteiger partial charge on any atom is -0.481 e. The van der Waals surface area contributed by atoms with Crippen molar-refractivity contribution in [2.75, 3.05) is 13.1 Å². The van der Waals surface area contributed by atoms with Crippen molar-refractivity contribution in [2.24, 2.45) is 5.92 Å². The molecule has 1 saturated heterocycles. The van der Waals surface area contributed by atoms with Crippen LogP contribution in [0.3, 0.4) is 0 Å². The van der Waals surface area contributed by atoms with Gasteiger partial charge in [0.2, 0.25) is 5.91 Å². The normalized spacial score (nSPS) is 17.9. The first kappa shape index (κ1) is 21.6. The van der Waals surface area contributed by atoms with Gasteiger partial charge in [-0.1, -0.05) is 12.1 Å². The first-order valence-electron chi connectivity index (χ1n) is 9.13. The van der Waals surface area contributed by atoms with Gasteiger partial charge in [0.25, 0.3) is 5.91 Å². The van der Waals surface area contributed by atoms with Crippen LogP contribution < -0.4 is 10.1 Å². The molecule has 0 aromatic heterocycles. The van der Waals surface area contributed by atoms with Crippen molar-refractivity contribution in [3.05, 3.63) is 29.8 Å². The Balaban J connectivity index is 2.00. The van der Waals surface area contributed by atoms with Gasteiger partial charge in [0, 0.05) is 25.6 Å². The lowest BCUT2D eigenvalue weighted by atomic mass is 9.96. The molecule has 2 amide bonds. The molecule has 1 aliphatic rings. The van der Waals surface area contributed by atoms with Crippen LogP contribution in [-0.2, 0) is 9.59 Å². The number of carbonyl (C=O) groups excluding carboxylic acids is 2. The maximum absolute atomic E-state index is 12.8. The van der Waals surface area contributed by atoms with E-state index in [1.54, 1.807) is 13.0 Å². The summed E-state index contributed by atoms with van der Waals surface area (Å²) >= 11 is 0. The third-order valence-corrected chi connectivity index (χ3v) is 4.59. The molecule has 0 radical (unpaired) electrons. The van der Waals surface area contributed by atoms with E-state index in [1.807, 2.05) is 0 Å². The summed E-state index contributed by atoms with van der Waals surface area (Å²) in [6, 6.07) is 5.48. The molecular formula is C19H24F2N2O5. The maximum Gasteiger partial charge on any atom is 0.387 e. The second kappa shape index (κ2) is 10.0. The Morgan fingerprint density at radius 1 is 1.32 bits per heavy atom. The molecule has 1 aliphatic heterocycles. The minimum absolute atomic E-state index is 0.0266. The number of carboxylic acid groups (broad SMARTS) is 1. The molecule has 0 bridgehead atoms. The van der Waals surface area contributed by atoms with Crippen LogP contribution in [0.25, 0.3) is 0 Å². The smallest absolute Gasteiger partial charge is 0.387 e. The van der Waals surface area contributed by atoms with Crippen LogP contribution in [-0.4, -0.2) is 53.5 Å². The zero-order valence-corrected chi connectivity index (χ0v) is 15.6. The largest absolute Gasteiger partial charge is 0.481 e. The molecule has 154 valence electrons. The fourth-order valence-electron chi connectivity index (χ4n) is 3.16. The number of para-hydroxylation sites is 1. The lowest BCUT2D eigenvalue weighted by Crippen LogP contribution is -2.47. The molecule has 2 N–H and O–H groups in total. The molecule has 1 aromatic carbocycles. The van der Waals surface area contributed by atoms with Crippen LogP contribution in [0, 0.1) is 5.92 Å². The predicted molar refractivity (Wildman–Crippen MR) is 96.2 cm³/mol. The molecule has 2 unspecified atom stereocenters. The third kappa shape index (κ3) is 6.17. The fraction of sp³-hybridized carbons (Fsp3) is 0.526. The molecule has 1 fully saturated rings. The highest BCUT2D eigenvalue weighted by molar-refractivity contribution is 5.97. The SMILES string of the molecule is CC(CCC(=O)O)NC(=O)C1CCCN(C(=O)c2ccccc2OC(F)F)C1. The molecule has 28 heavy (non-hydrogen) atoms. The first-order chi connectivity index (χ1) is 13.3. The Kier molecular flexibility index (Phi) is 7.71. The molecule has 0 spiro atoms. The van der Waals surface area contributed by atoms with Crippen LogP contribution in [0.15, 0.2) is 24.3 Å². The van der Waals surface area contributed by atoms with E-state index in [0.717, 1.165) is 0 Å². The number of hydrogen-bond acceptors (Lipinski definition) is 4. The zero-order valence-electron chi connectivity index (χ0n) is 15.6. The number of ether oxygens (including phenoxy) is 1. The highest BCUT2D eigenvalue weighted by atomic mass is 19.3. The van der Waals surface area contributed by atoms with Crippen LogP contribution in [0.4, 0.5) is 8.78 Å². The topological polar surface area (TPSA) is 95.9 Å². The van der Waals surface area contributed by atoms with Gasteiger partial charge >= 0.3 is 12.6 Å². The number of alkyl halides is 2. The van der Waals surface area contributed by atoms with Crippen molar-refractivity contribution in [1.29, 1.82) is 0 Å². The molecule has 0 aliphatic carbocycles. The number of piperidine rings is 1. The van der Waals surface area contributed by atoms with Crippen molar-refractivity contribution in [1.82, 2.24) is 10.2 Å². The maximum atomic E-state index is 12.8. The molecule has 9 heteroatoms. The first-order valence-corrected chi connectivity index (χ1v) is 9.13. The summed E-state index contributed by atoms with van der Waals surface area (Å²) in [6.07, 6.45) is 1.47. The van der Waals surface area contributed by atoms with Crippen molar-refractivity contribution < 1.29 is 33.0 Å². The Morgan fingerprint density at radius 2 is 2.04 bits per heavy atom. The second-order valence-electron chi connectivity index (χ2n) is 6.81. The number of halogens is 2. The van der Waals surface area contributed by atoms with E-state index in [2.05, 4.69) is 10.1 Å². The highest BCUT2D eigenvalue weighted by Crippen LogP contribution is 2.25. The summed E-state index contributed by atoms with van der Waals surface area (Å²) in [5.74, 6) is -2.27. The van der Waals surface area contributed by atoms with Gasteiger partial charge in [0.15, 0.2) is 0 Å². The van der Waals surface area contributed by atoms with Gasteiger partial charge in [-0.05, 0) is 38.3 Å². The van der Waals surface area contributed by atoms with Gasteiger partial charge < -0.3 is 20.1 Å². The van der Waals surface area contributed by atoms with Crippen molar-refractivity contribution in [3.63, 3.8) is 0 Å². The van der Waals surface area contributed by atoms with Gasteiger partial charge in [-0.25, -0.2) is 0 Å². The van der Waals surface area contributed by atoms with E-state index in [-0.39, 0.29) is 36.2 Å². The molecule has 1 aromatic rings. The average Bonchev–Trinajstić information content (AvgIpc) is 2.66. The quantitative estimate of drug-likeness (QED) is 0.702. The van der Waals surface area contributed by atoms with Gasteiger partial charge in [0.05, 0.1) is 11.5 Å². The summed E-state index contributed by atoms with van der Waals surface area (Å²) in [7, 11) is 0. The number of rotatable bonds is 8. The summed E-state index contributed by atoms with van der Waals surface area (Å²) in [6.45, 7) is -0.731. The Bertz CT molecular complexity index is 713. The molecule has 0 saturated carbocycles. The Labute approximate surface area is 161 Å². The monoisotopic (exact) mass is 398 g/mol. The van der Waals surface area contributed by atoms with E-state index < -0.39 is 24.4 Å². The van der Waals surface area contributed by atoms with Gasteiger partial charge in [0.1, 0.15) is 5.75 Å². The van der Waals surface area contributed by atoms with E-state index in [9.17, 15) is 23.2 Å². The summed E-state index contributed by atoms with van der Waals surface area (Å²) in [5.41, 5.74) is 0.0266. The lowest BCUT2D eigenvalue weighted by molar-refractivity contribution is -0.137. The van der Waals surface area contributed by atoms with Crippen molar-refractivity contribution >= 4 is 17.8 Å². The van der Waals surface area contributed by atoms with Gasteiger partial charge in [-0.15, -0.1) is 0 Å². The van der Waals surface area contributed by atoms with Crippen molar-refractivity contribution in [2.45, 2.75) is 45.3 Å². The fourth-order valence-corrected chi connectivity index (χ4v) is 3.16. The average molecular weight is 398 g/mol. The number of hydrogen-bond donors (Lipinski definition) is 2. The van der Waals surface area contributed by atoms with E-state index in [1.165, 1.54) is 23.1 Å². The van der Waals surface area contributed by atoms with Crippen molar-refractivity contribution in [3.8, 4) is 5.75 Å². The van der Waals surface area contributed by atoms with E-state index in [0.29, 0.717) is 25.8 Å². The molecule has 7 nitrogen and oxygen atoms in total.